The topological polar surface area (TPSA) is 172 Å². The zero-order valence-electron chi connectivity index (χ0n) is 73.8. The standard InChI is InChI=1S/C20H34O.C18H30O3S.C18H22O2.C18H30OS.C16H24O2.C12H18O2/c1-4-7-8-10-18-11-9-12-19(17-18)13-16-20(21,14-5-2)15-6-3;1-4-11-18(19,12-5-2)13-10-16-8-7-9-17(15-16)22(20,21)14-6-3;1-2-13-20-17-10-6-7-15(14-17)11-12-18(19)16-8-4-3-5-9-16;1-4-11-18(19,12-5-2)13-10-16-8-7-9-17(15-16)20-14-6-3;1-2-11-17-16-8-5-6-14(13-16)9-10-15-7-3-4-12-18-15;1-2-9-14-12-7-3-5-11(10-12)6-4-8-13/h9,11-12,17,21H,4-8,10,13-16H2,1-3H3;7-9,15,19H,4-6,10-14H2,1-3H3;3-10,14,18-19H,2,11-13H2,1H3;7-9,15,19H,4-6,10-14H2,1-3H3;5-6,8,13,15H,2-4,7,9-12H2,1H3;3,5,7,10,13H,2,4,6,8-9H2,1H3. The minimum Gasteiger partial charge on any atom is -0.494 e. The molecule has 1 aliphatic heterocycles. The predicted molar refractivity (Wildman–Crippen MR) is 489 cm³/mol. The van der Waals surface area contributed by atoms with Crippen LogP contribution in [0.3, 0.4) is 0 Å². The average molecular weight is 1620 g/mol. The Labute approximate surface area is 705 Å². The quantitative estimate of drug-likeness (QED) is 0.0181. The smallest absolute Gasteiger partial charge is 0.178 e. The van der Waals surface area contributed by atoms with Crippen LogP contribution in [0.15, 0.2) is 186 Å². The van der Waals surface area contributed by atoms with Crippen molar-refractivity contribution in [2.24, 2.45) is 0 Å². The fourth-order valence-corrected chi connectivity index (χ4v) is 16.9. The van der Waals surface area contributed by atoms with Gasteiger partial charge in [-0.05, 0) is 291 Å². The minimum atomic E-state index is -3.17. The first-order valence-corrected chi connectivity index (χ1v) is 47.7. The molecule has 1 heterocycles. The molecular weight excluding hydrogens is 1470 g/mol. The van der Waals surface area contributed by atoms with Crippen molar-refractivity contribution in [1.82, 2.24) is 0 Å². The van der Waals surface area contributed by atoms with Crippen LogP contribution in [-0.2, 0) is 59.5 Å². The summed E-state index contributed by atoms with van der Waals surface area (Å²) in [5.74, 6) is 4.21. The summed E-state index contributed by atoms with van der Waals surface area (Å²) in [6.45, 7) is 29.0. The Kier molecular flexibility index (Phi) is 56.6. The largest absolute Gasteiger partial charge is 0.494 e. The van der Waals surface area contributed by atoms with E-state index in [0.717, 1.165) is 215 Å². The maximum Gasteiger partial charge on any atom is 0.178 e. The molecule has 0 amide bonds. The van der Waals surface area contributed by atoms with Crippen molar-refractivity contribution < 1.29 is 52.9 Å². The number of thioether (sulfide) groups is 1. The van der Waals surface area contributed by atoms with Crippen LogP contribution in [-0.4, -0.2) is 101 Å². The number of aryl methyl sites for hydroxylation is 7. The summed E-state index contributed by atoms with van der Waals surface area (Å²) in [5, 5.41) is 50.9. The lowest BCUT2D eigenvalue weighted by Crippen LogP contribution is -2.29. The summed E-state index contributed by atoms with van der Waals surface area (Å²) < 4.78 is 46.8. The third-order valence-corrected chi connectivity index (χ3v) is 23.9. The van der Waals surface area contributed by atoms with Crippen molar-refractivity contribution in [3.63, 3.8) is 0 Å². The second-order valence-electron chi connectivity index (χ2n) is 31.7. The highest BCUT2D eigenvalue weighted by molar-refractivity contribution is 7.99. The fourth-order valence-electron chi connectivity index (χ4n) is 14.7. The Morgan fingerprint density at radius 3 is 1.26 bits per heavy atom. The van der Waals surface area contributed by atoms with Crippen molar-refractivity contribution in [3.05, 3.63) is 220 Å². The molecule has 1 aliphatic rings. The lowest BCUT2D eigenvalue weighted by Gasteiger charge is -2.27. The van der Waals surface area contributed by atoms with E-state index in [9.17, 15) is 28.8 Å². The number of sulfone groups is 1. The monoisotopic (exact) mass is 1620 g/mol. The average Bonchev–Trinajstić information content (AvgIpc) is 0.836. The molecule has 7 aromatic rings. The van der Waals surface area contributed by atoms with E-state index < -0.39 is 32.7 Å². The van der Waals surface area contributed by atoms with Crippen molar-refractivity contribution in [1.29, 1.82) is 0 Å². The summed E-state index contributed by atoms with van der Waals surface area (Å²) >= 11 is 1.93. The van der Waals surface area contributed by atoms with Crippen LogP contribution in [0, 0.1) is 0 Å². The van der Waals surface area contributed by atoms with Gasteiger partial charge >= 0.3 is 0 Å². The molecule has 1 saturated heterocycles. The number of aliphatic hydroxyl groups excluding tert-OH is 2. The third kappa shape index (κ3) is 46.8. The highest BCUT2D eigenvalue weighted by Gasteiger charge is 2.27. The molecular formula is C102H158O11S2. The Balaban J connectivity index is 0.000000359. The molecule has 0 aliphatic carbocycles. The van der Waals surface area contributed by atoms with Gasteiger partial charge in [0.1, 0.15) is 17.2 Å². The highest BCUT2D eigenvalue weighted by atomic mass is 32.2. The van der Waals surface area contributed by atoms with E-state index in [-0.39, 0.29) is 12.4 Å². The first-order valence-electron chi connectivity index (χ1n) is 45.1. The fraction of sp³-hybridized carbons (Fsp3) is 0.588. The molecule has 2 atom stereocenters. The van der Waals surface area contributed by atoms with E-state index in [0.29, 0.717) is 30.3 Å². The first kappa shape index (κ1) is 103. The molecule has 644 valence electrons. The zero-order valence-corrected chi connectivity index (χ0v) is 75.4. The Morgan fingerprint density at radius 2 is 0.826 bits per heavy atom. The molecule has 7 aromatic carbocycles. The Hall–Kier alpha value is -6.00. The SMILES string of the molecule is CCCC(O)(CCC)CCc1cccc(S(=O)(=O)CCC)c1.CCCCCc1cccc(CCC(O)(CCC)CCC)c1.CCCOc1cccc(CCC(O)c2ccccc2)c1.CCCOc1cccc(CCC2CCCCO2)c1.CCCOc1cccc(CCCO)c1.CCCSc1cccc(CCC(O)(CCC)CCC)c1. The molecule has 1 fully saturated rings. The number of benzene rings is 7. The summed E-state index contributed by atoms with van der Waals surface area (Å²) in [7, 11) is -3.17. The van der Waals surface area contributed by atoms with Crippen LogP contribution in [0.5, 0.6) is 17.2 Å². The maximum absolute atomic E-state index is 12.1. The van der Waals surface area contributed by atoms with E-state index in [1.807, 2.05) is 91.5 Å². The van der Waals surface area contributed by atoms with Crippen LogP contribution >= 0.6 is 11.8 Å². The van der Waals surface area contributed by atoms with Gasteiger partial charge in [-0.15, -0.1) is 11.8 Å². The van der Waals surface area contributed by atoms with Gasteiger partial charge in [-0.3, -0.25) is 0 Å². The summed E-state index contributed by atoms with van der Waals surface area (Å²) in [6, 6.07) is 59.4. The molecule has 0 bridgehead atoms. The van der Waals surface area contributed by atoms with Crippen molar-refractivity contribution in [2.75, 3.05) is 44.5 Å². The van der Waals surface area contributed by atoms with Crippen LogP contribution in [0.25, 0.3) is 0 Å². The van der Waals surface area contributed by atoms with Crippen molar-refractivity contribution in [3.8, 4) is 17.2 Å². The van der Waals surface area contributed by atoms with Crippen LogP contribution in [0.4, 0.5) is 0 Å². The van der Waals surface area contributed by atoms with Gasteiger partial charge in [0.15, 0.2) is 9.84 Å². The second-order valence-corrected chi connectivity index (χ2v) is 35.0. The number of aliphatic hydroxyl groups is 5. The van der Waals surface area contributed by atoms with Gasteiger partial charge in [0.25, 0.3) is 0 Å². The first-order chi connectivity index (χ1) is 55.7. The Bertz CT molecular complexity index is 3590. The van der Waals surface area contributed by atoms with E-state index >= 15 is 0 Å². The van der Waals surface area contributed by atoms with Crippen LogP contribution in [0.2, 0.25) is 0 Å². The summed E-state index contributed by atoms with van der Waals surface area (Å²) in [4.78, 5) is 1.76. The molecule has 0 saturated carbocycles. The van der Waals surface area contributed by atoms with Crippen molar-refractivity contribution >= 4 is 21.6 Å². The van der Waals surface area contributed by atoms with Gasteiger partial charge in [0.05, 0.1) is 59.5 Å². The van der Waals surface area contributed by atoms with Gasteiger partial charge in [0, 0.05) is 18.1 Å². The van der Waals surface area contributed by atoms with Gasteiger partial charge in [-0.2, -0.15) is 0 Å². The number of ether oxygens (including phenoxy) is 4. The minimum absolute atomic E-state index is 0.187. The van der Waals surface area contributed by atoms with Crippen LogP contribution in [0.1, 0.15) is 320 Å². The van der Waals surface area contributed by atoms with Gasteiger partial charge in [0.2, 0.25) is 0 Å². The predicted octanol–water partition coefficient (Wildman–Crippen LogP) is 25.8. The summed E-state index contributed by atoms with van der Waals surface area (Å²) in [6.07, 6.45) is 36.0. The van der Waals surface area contributed by atoms with E-state index in [4.69, 9.17) is 24.1 Å². The highest BCUT2D eigenvalue weighted by Crippen LogP contribution is 2.31. The molecule has 0 aromatic heterocycles. The van der Waals surface area contributed by atoms with Gasteiger partial charge < -0.3 is 44.5 Å². The van der Waals surface area contributed by atoms with Crippen molar-refractivity contribution in [2.45, 2.75) is 353 Å². The van der Waals surface area contributed by atoms with E-state index in [2.05, 4.69) is 161 Å². The Morgan fingerprint density at radius 1 is 0.409 bits per heavy atom. The lowest BCUT2D eigenvalue weighted by molar-refractivity contribution is 0.0114. The van der Waals surface area contributed by atoms with Crippen LogP contribution < -0.4 is 14.2 Å². The number of rotatable bonds is 50. The molecule has 0 radical (unpaired) electrons. The van der Waals surface area contributed by atoms with Gasteiger partial charge in [-0.25, -0.2) is 8.42 Å². The molecule has 5 N–H and O–H groups in total. The number of unbranched alkanes of at least 4 members (excludes halogenated alkanes) is 2. The molecule has 0 spiro atoms. The third-order valence-electron chi connectivity index (χ3n) is 20.7. The maximum atomic E-state index is 12.1. The molecule has 13 heteroatoms. The lowest BCUT2D eigenvalue weighted by atomic mass is 9.86. The second kappa shape index (κ2) is 63.1. The molecule has 115 heavy (non-hydrogen) atoms. The summed E-state index contributed by atoms with van der Waals surface area (Å²) in [5.41, 5.74) is 8.41. The number of hydrogen-bond donors (Lipinski definition) is 5. The number of hydrogen-bond acceptors (Lipinski definition) is 12. The van der Waals surface area contributed by atoms with E-state index in [1.165, 1.54) is 95.4 Å². The zero-order chi connectivity index (χ0) is 84.1. The molecule has 2 unspecified atom stereocenters. The molecule has 11 nitrogen and oxygen atoms in total. The van der Waals surface area contributed by atoms with E-state index in [1.54, 1.807) is 18.2 Å². The van der Waals surface area contributed by atoms with Gasteiger partial charge in [-0.1, -0.05) is 250 Å². The normalized spacial score (nSPS) is 13.0. The molecule has 8 rings (SSSR count).